The van der Waals surface area contributed by atoms with Crippen molar-refractivity contribution < 1.29 is 14.3 Å². The third kappa shape index (κ3) is 4.13. The van der Waals surface area contributed by atoms with E-state index in [9.17, 15) is 9.59 Å². The predicted octanol–water partition coefficient (Wildman–Crippen LogP) is 3.24. The summed E-state index contributed by atoms with van der Waals surface area (Å²) in [4.78, 5) is 24.1. The van der Waals surface area contributed by atoms with Gasteiger partial charge in [0.05, 0.1) is 5.56 Å². The van der Waals surface area contributed by atoms with Gasteiger partial charge >= 0.3 is 5.97 Å². The van der Waals surface area contributed by atoms with Crippen LogP contribution in [0.2, 0.25) is 0 Å². The van der Waals surface area contributed by atoms with Crippen LogP contribution in [0.3, 0.4) is 0 Å². The van der Waals surface area contributed by atoms with E-state index in [0.717, 1.165) is 28.8 Å². The molecule has 0 aliphatic heterocycles. The molecule has 0 aromatic heterocycles. The maximum absolute atomic E-state index is 12.1. The van der Waals surface area contributed by atoms with E-state index in [1.165, 1.54) is 0 Å². The highest BCUT2D eigenvalue weighted by molar-refractivity contribution is 5.96. The molecule has 0 heterocycles. The molecular weight excluding hydrogens is 304 g/mol. The van der Waals surface area contributed by atoms with Gasteiger partial charge in [-0.05, 0) is 49.1 Å². The van der Waals surface area contributed by atoms with Gasteiger partial charge in [-0.2, -0.15) is 0 Å². The lowest BCUT2D eigenvalue weighted by atomic mass is 10.1. The summed E-state index contributed by atoms with van der Waals surface area (Å²) in [7, 11) is 0. The average Bonchev–Trinajstić information content (AvgIpc) is 2.57. The summed E-state index contributed by atoms with van der Waals surface area (Å²) in [6.07, 6.45) is 0.805. The molecule has 2 aromatic carbocycles. The van der Waals surface area contributed by atoms with Crippen molar-refractivity contribution in [2.45, 2.75) is 27.2 Å². The number of carbonyl (C=O) groups is 2. The minimum absolute atomic E-state index is 0.330. The maximum atomic E-state index is 12.1. The zero-order chi connectivity index (χ0) is 17.7. The normalized spacial score (nSPS) is 10.3. The summed E-state index contributed by atoms with van der Waals surface area (Å²) in [5.74, 6) is -0.940. The second-order valence-corrected chi connectivity index (χ2v) is 5.66. The molecule has 0 saturated heterocycles. The summed E-state index contributed by atoms with van der Waals surface area (Å²) in [5.41, 5.74) is 10.3. The topological polar surface area (TPSA) is 81.4 Å². The number of amides is 1. The Morgan fingerprint density at radius 2 is 1.88 bits per heavy atom. The number of hydrogen-bond acceptors (Lipinski definition) is 4. The van der Waals surface area contributed by atoms with Gasteiger partial charge in [-0.15, -0.1) is 0 Å². The molecule has 5 heteroatoms. The maximum Gasteiger partial charge on any atom is 0.338 e. The molecule has 2 rings (SSSR count). The lowest BCUT2D eigenvalue weighted by Gasteiger charge is -2.13. The quantitative estimate of drug-likeness (QED) is 0.653. The van der Waals surface area contributed by atoms with Gasteiger partial charge in [0, 0.05) is 11.4 Å². The van der Waals surface area contributed by atoms with Gasteiger partial charge in [-0.1, -0.05) is 31.2 Å². The number of carbonyl (C=O) groups excluding carboxylic acids is 2. The first-order chi connectivity index (χ1) is 11.4. The second kappa shape index (κ2) is 7.64. The molecule has 3 N–H and O–H groups in total. The molecular formula is C19H22N2O3. The van der Waals surface area contributed by atoms with Crippen molar-refractivity contribution in [2.75, 3.05) is 17.7 Å². The Morgan fingerprint density at radius 1 is 1.12 bits per heavy atom. The number of nitrogens with two attached hydrogens (primary N) is 1. The molecule has 0 bridgehead atoms. The van der Waals surface area contributed by atoms with Crippen LogP contribution in [-0.4, -0.2) is 18.5 Å². The predicted molar refractivity (Wildman–Crippen MR) is 95.1 cm³/mol. The highest BCUT2D eigenvalue weighted by Crippen LogP contribution is 2.21. The van der Waals surface area contributed by atoms with Gasteiger partial charge < -0.3 is 15.8 Å². The fraction of sp³-hybridized carbons (Fsp3) is 0.263. The van der Waals surface area contributed by atoms with Crippen LogP contribution in [0.1, 0.15) is 34.0 Å². The monoisotopic (exact) mass is 326 g/mol. The van der Waals surface area contributed by atoms with Crippen LogP contribution >= 0.6 is 0 Å². The first-order valence-electron chi connectivity index (χ1n) is 7.84. The summed E-state index contributed by atoms with van der Waals surface area (Å²) in [6.45, 7) is 5.46. The molecule has 1 amide bonds. The van der Waals surface area contributed by atoms with Crippen molar-refractivity contribution in [3.63, 3.8) is 0 Å². The minimum atomic E-state index is -0.572. The van der Waals surface area contributed by atoms with Gasteiger partial charge in [-0.25, -0.2) is 4.79 Å². The summed E-state index contributed by atoms with van der Waals surface area (Å²) in [6, 6.07) is 10.8. The summed E-state index contributed by atoms with van der Waals surface area (Å²) >= 11 is 0. The van der Waals surface area contributed by atoms with Gasteiger partial charge in [-0.3, -0.25) is 4.79 Å². The molecule has 0 fully saturated rings. The number of rotatable bonds is 5. The molecule has 5 nitrogen and oxygen atoms in total. The smallest absolute Gasteiger partial charge is 0.338 e. The number of nitrogen functional groups attached to an aromatic ring is 1. The van der Waals surface area contributed by atoms with Crippen molar-refractivity contribution in [2.24, 2.45) is 0 Å². The zero-order valence-corrected chi connectivity index (χ0v) is 14.2. The fourth-order valence-electron chi connectivity index (χ4n) is 2.36. The Balaban J connectivity index is 1.98. The minimum Gasteiger partial charge on any atom is -0.452 e. The van der Waals surface area contributed by atoms with Crippen molar-refractivity contribution in [3.8, 4) is 0 Å². The zero-order valence-electron chi connectivity index (χ0n) is 14.2. The number of ether oxygens (including phenoxy) is 1. The molecule has 2 aromatic rings. The van der Waals surface area contributed by atoms with Crippen molar-refractivity contribution >= 4 is 23.3 Å². The van der Waals surface area contributed by atoms with Crippen LogP contribution < -0.4 is 11.1 Å². The molecule has 0 spiro atoms. The van der Waals surface area contributed by atoms with Crippen LogP contribution in [0, 0.1) is 13.8 Å². The first-order valence-corrected chi connectivity index (χ1v) is 7.84. The molecule has 0 radical (unpaired) electrons. The van der Waals surface area contributed by atoms with Crippen LogP contribution in [-0.2, 0) is 16.0 Å². The highest BCUT2D eigenvalue weighted by atomic mass is 16.5. The number of anilines is 2. The second-order valence-electron chi connectivity index (χ2n) is 5.66. The number of aryl methyl sites for hydroxylation is 3. The molecule has 0 atom stereocenters. The third-order valence-corrected chi connectivity index (χ3v) is 3.85. The molecule has 0 aliphatic carbocycles. The van der Waals surface area contributed by atoms with Crippen molar-refractivity contribution in [3.05, 3.63) is 58.7 Å². The fourth-order valence-corrected chi connectivity index (χ4v) is 2.36. The average molecular weight is 326 g/mol. The van der Waals surface area contributed by atoms with E-state index in [4.69, 9.17) is 10.5 Å². The molecule has 0 aliphatic rings. The summed E-state index contributed by atoms with van der Waals surface area (Å²) in [5, 5.41) is 2.82. The third-order valence-electron chi connectivity index (χ3n) is 3.85. The van der Waals surface area contributed by atoms with Gasteiger partial charge in [0.1, 0.15) is 0 Å². The Kier molecular flexibility index (Phi) is 5.58. The number of nitrogens with one attached hydrogen (secondary N) is 1. The van der Waals surface area contributed by atoms with E-state index in [2.05, 4.69) is 5.32 Å². The van der Waals surface area contributed by atoms with Gasteiger partial charge in [0.25, 0.3) is 5.91 Å². The van der Waals surface area contributed by atoms with E-state index < -0.39 is 5.97 Å². The van der Waals surface area contributed by atoms with Crippen LogP contribution in [0.25, 0.3) is 0 Å². The van der Waals surface area contributed by atoms with E-state index in [-0.39, 0.29) is 12.5 Å². The van der Waals surface area contributed by atoms with E-state index >= 15 is 0 Å². The number of benzene rings is 2. The number of para-hydroxylation sites is 1. The van der Waals surface area contributed by atoms with Crippen LogP contribution in [0.4, 0.5) is 11.4 Å². The van der Waals surface area contributed by atoms with Crippen LogP contribution in [0.5, 0.6) is 0 Å². The molecule has 24 heavy (non-hydrogen) atoms. The SMILES string of the molecule is CCc1cccc(C)c1NC(=O)COC(=O)c1ccc(C)c(N)c1. The Morgan fingerprint density at radius 3 is 2.54 bits per heavy atom. The largest absolute Gasteiger partial charge is 0.452 e. The van der Waals surface area contributed by atoms with Gasteiger partial charge in [0.2, 0.25) is 0 Å². The van der Waals surface area contributed by atoms with Gasteiger partial charge in [0.15, 0.2) is 6.61 Å². The Bertz CT molecular complexity index is 769. The first kappa shape index (κ1) is 17.5. The van der Waals surface area contributed by atoms with E-state index in [0.29, 0.717) is 11.3 Å². The Hall–Kier alpha value is -2.82. The number of esters is 1. The highest BCUT2D eigenvalue weighted by Gasteiger charge is 2.13. The molecule has 0 saturated carbocycles. The standard InChI is InChI=1S/C19H22N2O3/c1-4-14-7-5-6-13(3)18(14)21-17(22)11-24-19(23)15-9-8-12(2)16(20)10-15/h5-10H,4,11,20H2,1-3H3,(H,21,22). The number of hydrogen-bond donors (Lipinski definition) is 2. The summed E-state index contributed by atoms with van der Waals surface area (Å²) < 4.78 is 5.06. The van der Waals surface area contributed by atoms with Crippen molar-refractivity contribution in [1.29, 1.82) is 0 Å². The lowest BCUT2D eigenvalue weighted by molar-refractivity contribution is -0.119. The Labute approximate surface area is 141 Å². The van der Waals surface area contributed by atoms with Crippen molar-refractivity contribution in [1.82, 2.24) is 0 Å². The van der Waals surface area contributed by atoms with Crippen LogP contribution in [0.15, 0.2) is 36.4 Å². The van der Waals surface area contributed by atoms with E-state index in [1.54, 1.807) is 18.2 Å². The molecule has 126 valence electrons. The molecule has 0 unspecified atom stereocenters. The lowest BCUT2D eigenvalue weighted by Crippen LogP contribution is -2.22. The van der Waals surface area contributed by atoms with E-state index in [1.807, 2.05) is 39.0 Å².